The number of nitrogens with one attached hydrogen (secondary N) is 3. The standard InChI is InChI=1S/3C5H7NO3.Tb/c3*7-4-2-1-3(6-4)5(8)9;/h3*3H,1-2H2,(H,6,7)(H,8,9);. The van der Waals surface area contributed by atoms with Crippen molar-refractivity contribution in [2.45, 2.75) is 56.7 Å². The largest absolute Gasteiger partial charge is 0.480 e. The second-order valence-electron chi connectivity index (χ2n) is 5.99. The van der Waals surface area contributed by atoms with Gasteiger partial charge in [-0.05, 0) is 19.3 Å². The van der Waals surface area contributed by atoms with Gasteiger partial charge in [0.25, 0.3) is 0 Å². The van der Waals surface area contributed by atoms with Gasteiger partial charge < -0.3 is 31.3 Å². The quantitative estimate of drug-likeness (QED) is 0.233. The van der Waals surface area contributed by atoms with Crippen molar-refractivity contribution in [1.82, 2.24) is 16.0 Å². The van der Waals surface area contributed by atoms with Crippen molar-refractivity contribution in [2.24, 2.45) is 0 Å². The van der Waals surface area contributed by atoms with E-state index in [0.717, 1.165) is 0 Å². The van der Waals surface area contributed by atoms with Gasteiger partial charge in [-0.15, -0.1) is 0 Å². The van der Waals surface area contributed by atoms with Gasteiger partial charge in [0.15, 0.2) is 0 Å². The maximum atomic E-state index is 10.4. The van der Waals surface area contributed by atoms with Gasteiger partial charge in [0.05, 0.1) is 0 Å². The minimum Gasteiger partial charge on any atom is -0.480 e. The van der Waals surface area contributed by atoms with Gasteiger partial charge in [-0.25, -0.2) is 14.4 Å². The zero-order chi connectivity index (χ0) is 20.6. The maximum Gasteiger partial charge on any atom is 0.326 e. The second kappa shape index (κ2) is 12.5. The molecular formula is C15H21N3O9Tb. The summed E-state index contributed by atoms with van der Waals surface area (Å²) in [6.07, 6.45) is 2.31. The molecular weight excluding hydrogens is 525 g/mol. The van der Waals surface area contributed by atoms with Crippen molar-refractivity contribution >= 4 is 35.6 Å². The van der Waals surface area contributed by atoms with Gasteiger partial charge >= 0.3 is 17.9 Å². The Bertz CT molecular complexity index is 555. The molecule has 3 aliphatic heterocycles. The SMILES string of the molecule is O=C1CCC(C(=O)O)N1.O=C1CCC(C(=O)O)N1.O=C1CCC(C(=O)O)N1.[Tb]. The average molecular weight is 546 g/mol. The van der Waals surface area contributed by atoms with E-state index in [1.165, 1.54) is 0 Å². The number of hydrogen-bond acceptors (Lipinski definition) is 6. The number of carbonyl (C=O) groups is 6. The van der Waals surface area contributed by atoms with Crippen LogP contribution in [0.4, 0.5) is 0 Å². The van der Waals surface area contributed by atoms with Gasteiger partial charge in [-0.2, -0.15) is 0 Å². The van der Waals surface area contributed by atoms with Crippen molar-refractivity contribution in [3.05, 3.63) is 0 Å². The summed E-state index contributed by atoms with van der Waals surface area (Å²) in [5.74, 6) is -3.32. The van der Waals surface area contributed by atoms with E-state index >= 15 is 0 Å². The molecule has 0 bridgehead atoms. The molecule has 3 atom stereocenters. The molecule has 1 radical (unpaired) electrons. The number of rotatable bonds is 3. The molecule has 159 valence electrons. The van der Waals surface area contributed by atoms with Crippen molar-refractivity contribution in [1.29, 1.82) is 0 Å². The van der Waals surface area contributed by atoms with Crippen LogP contribution in [0.3, 0.4) is 0 Å². The van der Waals surface area contributed by atoms with Crippen LogP contribution < -0.4 is 16.0 Å². The Morgan fingerprint density at radius 2 is 0.821 bits per heavy atom. The monoisotopic (exact) mass is 546 g/mol. The topological polar surface area (TPSA) is 199 Å². The van der Waals surface area contributed by atoms with Crippen LogP contribution in [0.25, 0.3) is 0 Å². The summed E-state index contributed by atoms with van der Waals surface area (Å²) in [6, 6.07) is -1.92. The molecule has 13 heteroatoms. The van der Waals surface area contributed by atoms with E-state index in [1.807, 2.05) is 0 Å². The zero-order valence-corrected chi connectivity index (χ0v) is 16.7. The molecule has 3 aliphatic rings. The van der Waals surface area contributed by atoms with E-state index in [-0.39, 0.29) is 56.3 Å². The van der Waals surface area contributed by atoms with Crippen LogP contribution in [-0.4, -0.2) is 69.1 Å². The molecule has 3 heterocycles. The van der Waals surface area contributed by atoms with Crippen molar-refractivity contribution in [3.63, 3.8) is 0 Å². The van der Waals surface area contributed by atoms with Crippen LogP contribution in [0.5, 0.6) is 0 Å². The number of carbonyl (C=O) groups excluding carboxylic acids is 3. The summed E-state index contributed by atoms with van der Waals surface area (Å²) in [7, 11) is 0. The van der Waals surface area contributed by atoms with Crippen LogP contribution >= 0.6 is 0 Å². The fourth-order valence-electron chi connectivity index (χ4n) is 2.40. The molecule has 3 unspecified atom stereocenters. The van der Waals surface area contributed by atoms with E-state index in [2.05, 4.69) is 16.0 Å². The fourth-order valence-corrected chi connectivity index (χ4v) is 2.40. The number of carboxylic acid groups (broad SMARTS) is 3. The summed E-state index contributed by atoms with van der Waals surface area (Å²) < 4.78 is 0. The molecule has 0 aromatic rings. The summed E-state index contributed by atoms with van der Waals surface area (Å²) in [6.45, 7) is 0. The third-order valence-electron chi connectivity index (χ3n) is 3.88. The normalized spacial score (nSPS) is 24.9. The number of amides is 3. The Kier molecular flexibility index (Phi) is 11.7. The number of aliphatic carboxylic acids is 3. The Balaban J connectivity index is 0.000000384. The van der Waals surface area contributed by atoms with Crippen LogP contribution in [0.15, 0.2) is 0 Å². The van der Waals surface area contributed by atoms with E-state index in [4.69, 9.17) is 15.3 Å². The molecule has 0 spiro atoms. The predicted octanol–water partition coefficient (Wildman–Crippen LogP) is -1.95. The maximum absolute atomic E-state index is 10.4. The first-order chi connectivity index (χ1) is 12.6. The van der Waals surface area contributed by atoms with E-state index in [0.29, 0.717) is 38.5 Å². The van der Waals surface area contributed by atoms with Crippen molar-refractivity contribution in [2.75, 3.05) is 0 Å². The van der Waals surface area contributed by atoms with Gasteiger partial charge in [0, 0.05) is 57.9 Å². The minimum atomic E-state index is -0.944. The third kappa shape index (κ3) is 9.35. The van der Waals surface area contributed by atoms with Crippen molar-refractivity contribution < 1.29 is 82.7 Å². The molecule has 3 saturated heterocycles. The van der Waals surface area contributed by atoms with Gasteiger partial charge in [-0.3, -0.25) is 14.4 Å². The predicted molar refractivity (Wildman–Crippen MR) is 86.4 cm³/mol. The average Bonchev–Trinajstić information content (AvgIpc) is 3.30. The summed E-state index contributed by atoms with van der Waals surface area (Å²) >= 11 is 0. The first kappa shape index (κ1) is 26.1. The van der Waals surface area contributed by atoms with Crippen LogP contribution in [0.2, 0.25) is 0 Å². The summed E-state index contributed by atoms with van der Waals surface area (Å²) in [5.41, 5.74) is 0. The fraction of sp³-hybridized carbons (Fsp3) is 0.600. The first-order valence-corrected chi connectivity index (χ1v) is 8.16. The second-order valence-corrected chi connectivity index (χ2v) is 5.99. The van der Waals surface area contributed by atoms with Crippen molar-refractivity contribution in [3.8, 4) is 0 Å². The first-order valence-electron chi connectivity index (χ1n) is 8.16. The van der Waals surface area contributed by atoms with Crippen LogP contribution in [0.1, 0.15) is 38.5 Å². The molecule has 12 nitrogen and oxygen atoms in total. The molecule has 6 N–H and O–H groups in total. The Morgan fingerprint density at radius 3 is 0.893 bits per heavy atom. The molecule has 28 heavy (non-hydrogen) atoms. The summed E-state index contributed by atoms with van der Waals surface area (Å²) in [5, 5.41) is 31.9. The van der Waals surface area contributed by atoms with Gasteiger partial charge in [-0.1, -0.05) is 0 Å². The molecule has 3 rings (SSSR count). The van der Waals surface area contributed by atoms with E-state index < -0.39 is 36.0 Å². The molecule has 0 saturated carbocycles. The van der Waals surface area contributed by atoms with E-state index in [1.54, 1.807) is 0 Å². The van der Waals surface area contributed by atoms with Crippen LogP contribution in [0, 0.1) is 38.6 Å². The summed E-state index contributed by atoms with van der Waals surface area (Å²) in [4.78, 5) is 61.5. The number of hydrogen-bond donors (Lipinski definition) is 6. The molecule has 0 aliphatic carbocycles. The van der Waals surface area contributed by atoms with Gasteiger partial charge in [0.1, 0.15) is 18.1 Å². The Morgan fingerprint density at radius 1 is 0.607 bits per heavy atom. The minimum absolute atomic E-state index is 0. The number of carboxylic acids is 3. The van der Waals surface area contributed by atoms with E-state index in [9.17, 15) is 28.8 Å². The molecule has 0 aromatic heterocycles. The zero-order valence-electron chi connectivity index (χ0n) is 14.6. The Hall–Kier alpha value is -1.89. The van der Waals surface area contributed by atoms with Gasteiger partial charge in [0.2, 0.25) is 17.7 Å². The van der Waals surface area contributed by atoms with Crippen LogP contribution in [-0.2, 0) is 28.8 Å². The molecule has 0 aromatic carbocycles. The Labute approximate surface area is 190 Å². The molecule has 3 fully saturated rings. The molecule has 3 amide bonds. The third-order valence-corrected chi connectivity index (χ3v) is 3.88. The smallest absolute Gasteiger partial charge is 0.326 e.